The highest BCUT2D eigenvalue weighted by Gasteiger charge is 2.45. The Bertz CT molecular complexity index is 310. The zero-order valence-corrected chi connectivity index (χ0v) is 6.92. The van der Waals surface area contributed by atoms with Crippen LogP contribution in [0.15, 0.2) is 10.7 Å². The van der Waals surface area contributed by atoms with Gasteiger partial charge in [0.1, 0.15) is 6.26 Å². The van der Waals surface area contributed by atoms with E-state index < -0.39 is 0 Å². The van der Waals surface area contributed by atoms with E-state index in [0.717, 1.165) is 24.4 Å². The minimum absolute atomic E-state index is 0.201. The van der Waals surface area contributed by atoms with Crippen molar-refractivity contribution in [2.24, 2.45) is 5.73 Å². The minimum atomic E-state index is -0.201. The highest BCUT2D eigenvalue weighted by molar-refractivity contribution is 5.18. The number of hydrogen-bond acceptors (Lipinski definition) is 3. The second kappa shape index (κ2) is 1.91. The normalized spacial score (nSPS) is 25.8. The zero-order chi connectivity index (χ0) is 8.18. The first kappa shape index (κ1) is 6.66. The van der Waals surface area contributed by atoms with Crippen molar-refractivity contribution in [3.05, 3.63) is 17.8 Å². The van der Waals surface area contributed by atoms with Crippen LogP contribution >= 0.6 is 0 Å². The predicted octanol–water partition coefficient (Wildman–Crippen LogP) is 1.50. The molecule has 0 spiro atoms. The summed E-state index contributed by atoms with van der Waals surface area (Å²) in [6.45, 7) is 0. The van der Waals surface area contributed by atoms with Gasteiger partial charge in [-0.25, -0.2) is 4.98 Å². The molecule has 2 aliphatic rings. The molecule has 2 fully saturated rings. The molecule has 3 nitrogen and oxygen atoms in total. The predicted molar refractivity (Wildman–Crippen MR) is 43.6 cm³/mol. The highest BCUT2D eigenvalue weighted by atomic mass is 16.3. The molecule has 1 aromatic heterocycles. The molecule has 2 aliphatic carbocycles. The highest BCUT2D eigenvalue weighted by Crippen LogP contribution is 2.45. The second-order valence-corrected chi connectivity index (χ2v) is 4.01. The maximum absolute atomic E-state index is 5.95. The largest absolute Gasteiger partial charge is 0.447 e. The summed E-state index contributed by atoms with van der Waals surface area (Å²) in [5, 5.41) is 0. The fourth-order valence-electron chi connectivity index (χ4n) is 1.43. The van der Waals surface area contributed by atoms with Crippen LogP contribution in [0.1, 0.15) is 43.2 Å². The van der Waals surface area contributed by atoms with Crippen LogP contribution < -0.4 is 5.73 Å². The topological polar surface area (TPSA) is 52.0 Å². The lowest BCUT2D eigenvalue weighted by Crippen LogP contribution is -2.18. The third-order valence-electron chi connectivity index (χ3n) is 2.73. The van der Waals surface area contributed by atoms with E-state index in [1.807, 2.05) is 0 Å². The van der Waals surface area contributed by atoms with E-state index in [9.17, 15) is 0 Å². The summed E-state index contributed by atoms with van der Waals surface area (Å²) in [5.74, 6) is 1.43. The molecule has 0 bridgehead atoms. The molecule has 1 heterocycles. The van der Waals surface area contributed by atoms with Crippen molar-refractivity contribution in [3.8, 4) is 0 Å². The Morgan fingerprint density at radius 3 is 2.83 bits per heavy atom. The summed E-state index contributed by atoms with van der Waals surface area (Å²) >= 11 is 0. The molecule has 1 aromatic rings. The average molecular weight is 164 g/mol. The summed E-state index contributed by atoms with van der Waals surface area (Å²) in [6.07, 6.45) is 6.36. The molecule has 2 saturated carbocycles. The van der Waals surface area contributed by atoms with Gasteiger partial charge < -0.3 is 10.2 Å². The van der Waals surface area contributed by atoms with Gasteiger partial charge in [0.2, 0.25) is 5.89 Å². The monoisotopic (exact) mass is 164 g/mol. The minimum Gasteiger partial charge on any atom is -0.447 e. The summed E-state index contributed by atoms with van der Waals surface area (Å²) in [7, 11) is 0. The molecular weight excluding hydrogens is 152 g/mol. The Morgan fingerprint density at radius 1 is 1.50 bits per heavy atom. The van der Waals surface area contributed by atoms with Crippen molar-refractivity contribution in [2.45, 2.75) is 37.1 Å². The molecule has 0 amide bonds. The Balaban J connectivity index is 1.91. The summed E-state index contributed by atoms with van der Waals surface area (Å²) < 4.78 is 5.36. The van der Waals surface area contributed by atoms with Crippen molar-refractivity contribution < 1.29 is 4.42 Å². The molecule has 0 aromatic carbocycles. The van der Waals surface area contributed by atoms with Gasteiger partial charge in [0.15, 0.2) is 0 Å². The SMILES string of the molecule is NC1(c2nc(C3CC3)co2)CC1. The maximum Gasteiger partial charge on any atom is 0.214 e. The lowest BCUT2D eigenvalue weighted by Gasteiger charge is -1.99. The maximum atomic E-state index is 5.95. The lowest BCUT2D eigenvalue weighted by molar-refractivity contribution is 0.440. The molecule has 12 heavy (non-hydrogen) atoms. The third kappa shape index (κ3) is 0.894. The summed E-state index contributed by atoms with van der Waals surface area (Å²) in [4.78, 5) is 4.41. The smallest absolute Gasteiger partial charge is 0.214 e. The van der Waals surface area contributed by atoms with Gasteiger partial charge in [0.25, 0.3) is 0 Å². The van der Waals surface area contributed by atoms with E-state index >= 15 is 0 Å². The van der Waals surface area contributed by atoms with E-state index in [0.29, 0.717) is 5.92 Å². The Morgan fingerprint density at radius 2 is 2.25 bits per heavy atom. The van der Waals surface area contributed by atoms with E-state index in [4.69, 9.17) is 10.2 Å². The van der Waals surface area contributed by atoms with Gasteiger partial charge in [0, 0.05) is 5.92 Å². The Kier molecular flexibility index (Phi) is 1.06. The van der Waals surface area contributed by atoms with Crippen LogP contribution in [0.2, 0.25) is 0 Å². The molecule has 0 unspecified atom stereocenters. The third-order valence-corrected chi connectivity index (χ3v) is 2.73. The number of nitrogens with zero attached hydrogens (tertiary/aromatic N) is 1. The first-order valence-corrected chi connectivity index (χ1v) is 4.53. The lowest BCUT2D eigenvalue weighted by atomic mass is 10.3. The second-order valence-electron chi connectivity index (χ2n) is 4.01. The van der Waals surface area contributed by atoms with Crippen LogP contribution in [0.5, 0.6) is 0 Å². The summed E-state index contributed by atoms with van der Waals surface area (Å²) in [6, 6.07) is 0. The number of oxazole rings is 1. The average Bonchev–Trinajstić information content (AvgIpc) is 2.97. The van der Waals surface area contributed by atoms with Crippen LogP contribution in [0.25, 0.3) is 0 Å². The molecular formula is C9H12N2O. The standard InChI is InChI=1S/C9H12N2O/c10-9(3-4-9)8-11-7(5-12-8)6-1-2-6/h5-6H,1-4,10H2. The number of nitrogens with two attached hydrogens (primary N) is 1. The first-order valence-electron chi connectivity index (χ1n) is 4.53. The summed E-state index contributed by atoms with van der Waals surface area (Å²) in [5.41, 5.74) is 6.86. The molecule has 0 atom stereocenters. The molecule has 3 rings (SSSR count). The fraction of sp³-hybridized carbons (Fsp3) is 0.667. The molecule has 0 aliphatic heterocycles. The van der Waals surface area contributed by atoms with Crippen LogP contribution in [0.4, 0.5) is 0 Å². The van der Waals surface area contributed by atoms with Gasteiger partial charge in [-0.1, -0.05) is 0 Å². The Labute approximate surface area is 71.0 Å². The molecule has 64 valence electrons. The van der Waals surface area contributed by atoms with Crippen molar-refractivity contribution >= 4 is 0 Å². The van der Waals surface area contributed by atoms with Crippen LogP contribution in [-0.4, -0.2) is 4.98 Å². The number of hydrogen-bond donors (Lipinski definition) is 1. The van der Waals surface area contributed by atoms with Crippen LogP contribution in [0.3, 0.4) is 0 Å². The van der Waals surface area contributed by atoms with Crippen molar-refractivity contribution in [2.75, 3.05) is 0 Å². The first-order chi connectivity index (χ1) is 5.78. The number of aromatic nitrogens is 1. The van der Waals surface area contributed by atoms with Gasteiger partial charge in [0.05, 0.1) is 11.2 Å². The van der Waals surface area contributed by atoms with E-state index in [-0.39, 0.29) is 5.54 Å². The van der Waals surface area contributed by atoms with Gasteiger partial charge in [-0.15, -0.1) is 0 Å². The number of rotatable bonds is 2. The van der Waals surface area contributed by atoms with E-state index in [2.05, 4.69) is 4.98 Å². The van der Waals surface area contributed by atoms with Crippen molar-refractivity contribution in [1.82, 2.24) is 4.98 Å². The van der Waals surface area contributed by atoms with Gasteiger partial charge >= 0.3 is 0 Å². The van der Waals surface area contributed by atoms with Gasteiger partial charge in [-0.05, 0) is 25.7 Å². The van der Waals surface area contributed by atoms with E-state index in [1.54, 1.807) is 6.26 Å². The van der Waals surface area contributed by atoms with E-state index in [1.165, 1.54) is 12.8 Å². The molecule has 0 saturated heterocycles. The quantitative estimate of drug-likeness (QED) is 0.720. The van der Waals surface area contributed by atoms with Crippen molar-refractivity contribution in [1.29, 1.82) is 0 Å². The van der Waals surface area contributed by atoms with Crippen LogP contribution in [0, 0.1) is 0 Å². The van der Waals surface area contributed by atoms with Crippen molar-refractivity contribution in [3.63, 3.8) is 0 Å². The van der Waals surface area contributed by atoms with Gasteiger partial charge in [-0.2, -0.15) is 0 Å². The molecule has 3 heteroatoms. The Hall–Kier alpha value is -0.830. The van der Waals surface area contributed by atoms with Crippen LogP contribution in [-0.2, 0) is 5.54 Å². The fourth-order valence-corrected chi connectivity index (χ4v) is 1.43. The van der Waals surface area contributed by atoms with Gasteiger partial charge in [-0.3, -0.25) is 0 Å². The molecule has 0 radical (unpaired) electrons. The zero-order valence-electron chi connectivity index (χ0n) is 6.92. The molecule has 2 N–H and O–H groups in total.